The summed E-state index contributed by atoms with van der Waals surface area (Å²) in [7, 11) is -0.428. The Morgan fingerprint density at radius 2 is 1.95 bits per heavy atom. The average molecular weight is 590 g/mol. The van der Waals surface area contributed by atoms with Crippen molar-refractivity contribution < 1.29 is 26.3 Å². The number of ether oxygens (including phenoxy) is 1. The highest BCUT2D eigenvalue weighted by Crippen LogP contribution is 2.37. The molecule has 0 aliphatic carbocycles. The first-order chi connectivity index (χ1) is 18.2. The number of rotatable bonds is 9. The van der Waals surface area contributed by atoms with Gasteiger partial charge in [-0.25, -0.2) is 13.4 Å². The molecule has 214 valence electrons. The van der Waals surface area contributed by atoms with E-state index in [4.69, 9.17) is 17.0 Å². The fourth-order valence-corrected chi connectivity index (χ4v) is 4.93. The van der Waals surface area contributed by atoms with Crippen molar-refractivity contribution in [2.75, 3.05) is 37.8 Å². The lowest BCUT2D eigenvalue weighted by molar-refractivity contribution is -0.274. The molecule has 0 saturated carbocycles. The van der Waals surface area contributed by atoms with E-state index in [1.54, 1.807) is 6.07 Å². The molecule has 1 aliphatic heterocycles. The lowest BCUT2D eigenvalue weighted by Crippen LogP contribution is -2.29. The average Bonchev–Trinajstić information content (AvgIpc) is 2.85. The Balaban J connectivity index is 1.91. The number of nitrogens with zero attached hydrogens (tertiary/aromatic N) is 3. The van der Waals surface area contributed by atoms with Gasteiger partial charge in [0.2, 0.25) is 5.95 Å². The molecule has 0 bridgehead atoms. The first kappa shape index (κ1) is 30.4. The summed E-state index contributed by atoms with van der Waals surface area (Å²) in [5.41, 5.74) is 0.568. The second-order valence-corrected chi connectivity index (χ2v) is 12.1. The molecule has 0 unspecified atom stereocenters. The van der Waals surface area contributed by atoms with Gasteiger partial charge in [-0.1, -0.05) is 17.7 Å². The van der Waals surface area contributed by atoms with Gasteiger partial charge in [-0.2, -0.15) is 4.98 Å². The van der Waals surface area contributed by atoms with Crippen LogP contribution >= 0.6 is 11.6 Å². The maximum absolute atomic E-state index is 13.3. The number of sulfone groups is 1. The van der Waals surface area contributed by atoms with E-state index in [9.17, 15) is 21.6 Å². The summed E-state index contributed by atoms with van der Waals surface area (Å²) in [6, 6.07) is 4.58. The number of aromatic nitrogens is 2. The molecule has 0 radical (unpaired) electrons. The van der Waals surface area contributed by atoms with Gasteiger partial charge in [-0.3, -0.25) is 5.41 Å². The van der Waals surface area contributed by atoms with Crippen LogP contribution in [-0.4, -0.2) is 67.1 Å². The van der Waals surface area contributed by atoms with Gasteiger partial charge in [0.15, 0.2) is 26.4 Å². The van der Waals surface area contributed by atoms with E-state index in [2.05, 4.69) is 35.6 Å². The fraction of sp³-hybridized carbons (Fsp3) is 0.458. The molecule has 2 heterocycles. The van der Waals surface area contributed by atoms with Crippen molar-refractivity contribution in [1.82, 2.24) is 20.2 Å². The number of alkyl halides is 3. The lowest BCUT2D eigenvalue weighted by atomic mass is 9.89. The highest BCUT2D eigenvalue weighted by Gasteiger charge is 2.33. The third-order valence-electron chi connectivity index (χ3n) is 6.10. The largest absolute Gasteiger partial charge is 0.573 e. The maximum atomic E-state index is 13.3. The minimum atomic E-state index is -4.93. The van der Waals surface area contributed by atoms with E-state index < -0.39 is 32.2 Å². The molecule has 1 fully saturated rings. The second kappa shape index (κ2) is 12.4. The third-order valence-corrected chi connectivity index (χ3v) is 8.41. The number of piperidine rings is 1. The molecule has 1 aliphatic rings. The summed E-state index contributed by atoms with van der Waals surface area (Å²) in [5, 5.41) is 14.7. The van der Waals surface area contributed by atoms with Gasteiger partial charge in [-0.05, 0) is 70.4 Å². The molecule has 1 aromatic carbocycles. The van der Waals surface area contributed by atoms with E-state index in [1.165, 1.54) is 45.4 Å². The molecular weight excluding hydrogens is 559 g/mol. The molecular formula is C24H31ClF3N7O3S. The fourth-order valence-electron chi connectivity index (χ4n) is 3.90. The number of anilines is 3. The minimum Gasteiger partial charge on any atom is -0.404 e. The van der Waals surface area contributed by atoms with E-state index in [1.807, 2.05) is 7.05 Å². The van der Waals surface area contributed by atoms with Gasteiger partial charge in [0.05, 0.1) is 22.8 Å². The van der Waals surface area contributed by atoms with Crippen LogP contribution in [-0.2, 0) is 9.84 Å². The second-order valence-electron chi connectivity index (χ2n) is 9.29. The predicted octanol–water partition coefficient (Wildman–Crippen LogP) is 4.85. The first-order valence-electron chi connectivity index (χ1n) is 12.1. The number of halogens is 4. The van der Waals surface area contributed by atoms with Crippen molar-refractivity contribution in [2.24, 2.45) is 0 Å². The van der Waals surface area contributed by atoms with Crippen molar-refractivity contribution in [3.63, 3.8) is 0 Å². The highest BCUT2D eigenvalue weighted by atomic mass is 35.5. The number of hydrogen-bond donors (Lipinski definition) is 4. The van der Waals surface area contributed by atoms with E-state index in [-0.39, 0.29) is 34.1 Å². The number of nitrogens with one attached hydrogen (secondary N) is 4. The maximum Gasteiger partial charge on any atom is 0.573 e. The molecule has 1 saturated heterocycles. The molecule has 1 aromatic heterocycles. The van der Waals surface area contributed by atoms with Crippen LogP contribution < -0.4 is 20.7 Å². The van der Waals surface area contributed by atoms with Crippen LogP contribution in [0.1, 0.15) is 38.2 Å². The van der Waals surface area contributed by atoms with Crippen LogP contribution in [0.5, 0.6) is 5.75 Å². The van der Waals surface area contributed by atoms with Crippen LogP contribution in [0.25, 0.3) is 0 Å². The van der Waals surface area contributed by atoms with Crippen molar-refractivity contribution in [3.05, 3.63) is 46.9 Å². The van der Waals surface area contributed by atoms with Crippen LogP contribution in [0.15, 0.2) is 36.3 Å². The van der Waals surface area contributed by atoms with E-state index in [0.29, 0.717) is 0 Å². The van der Waals surface area contributed by atoms with Crippen LogP contribution in [0.2, 0.25) is 5.02 Å². The summed E-state index contributed by atoms with van der Waals surface area (Å²) in [6.07, 6.45) is -0.856. The SMILES string of the molecule is CN/C=C(/Nc1nc(Nc2ccc(C3CCN(C)CC3)cc2OC(F)(F)F)ncc1Cl)C(=N)S(=O)(=O)C(C)C. The zero-order valence-electron chi connectivity index (χ0n) is 21.9. The smallest absolute Gasteiger partial charge is 0.404 e. The Kier molecular flexibility index (Phi) is 9.67. The third kappa shape index (κ3) is 7.96. The molecule has 2 aromatic rings. The van der Waals surface area contributed by atoms with E-state index >= 15 is 0 Å². The summed E-state index contributed by atoms with van der Waals surface area (Å²) < 4.78 is 69.1. The molecule has 3 rings (SSSR count). The van der Waals surface area contributed by atoms with Crippen molar-refractivity contribution in [2.45, 2.75) is 44.2 Å². The van der Waals surface area contributed by atoms with Crippen LogP contribution in [0, 0.1) is 5.41 Å². The zero-order chi connectivity index (χ0) is 29.0. The number of benzene rings is 1. The zero-order valence-corrected chi connectivity index (χ0v) is 23.4. The molecule has 0 amide bonds. The van der Waals surface area contributed by atoms with Gasteiger partial charge in [0.25, 0.3) is 0 Å². The standard InChI is InChI=1S/C24H31ClF3N7O3S/c1-14(2)39(36,37)21(29)19(13-30-3)32-22-17(25)12-31-23(34-22)33-18-6-5-16(11-20(18)38-24(26,27)28)15-7-9-35(4)10-8-15/h5-6,11-15,29-30H,7-10H2,1-4H3,(H2,31,32,33,34)/b19-13+,29-21?. The highest BCUT2D eigenvalue weighted by molar-refractivity contribution is 8.07. The monoisotopic (exact) mass is 589 g/mol. The summed E-state index contributed by atoms with van der Waals surface area (Å²) >= 11 is 6.20. The lowest BCUT2D eigenvalue weighted by Gasteiger charge is -2.29. The molecule has 0 spiro atoms. The van der Waals surface area contributed by atoms with Crippen LogP contribution in [0.4, 0.5) is 30.6 Å². The Morgan fingerprint density at radius 3 is 2.54 bits per heavy atom. The Morgan fingerprint density at radius 1 is 1.28 bits per heavy atom. The molecule has 39 heavy (non-hydrogen) atoms. The van der Waals surface area contributed by atoms with E-state index in [0.717, 1.165) is 31.5 Å². The van der Waals surface area contributed by atoms with Gasteiger partial charge < -0.3 is 25.6 Å². The minimum absolute atomic E-state index is 0.0123. The van der Waals surface area contributed by atoms with Crippen molar-refractivity contribution in [3.8, 4) is 5.75 Å². The van der Waals surface area contributed by atoms with Crippen molar-refractivity contribution >= 4 is 43.9 Å². The molecule has 4 N–H and O–H groups in total. The molecule has 10 nitrogen and oxygen atoms in total. The Bertz CT molecular complexity index is 1330. The normalized spacial score (nSPS) is 15.8. The molecule has 0 atom stereocenters. The summed E-state index contributed by atoms with van der Waals surface area (Å²) in [6.45, 7) is 4.57. The van der Waals surface area contributed by atoms with Crippen LogP contribution in [0.3, 0.4) is 0 Å². The first-order valence-corrected chi connectivity index (χ1v) is 14.0. The number of hydrogen-bond acceptors (Lipinski definition) is 10. The topological polar surface area (TPSA) is 132 Å². The van der Waals surface area contributed by atoms with Gasteiger partial charge in [0.1, 0.15) is 5.02 Å². The van der Waals surface area contributed by atoms with Gasteiger partial charge >= 0.3 is 6.36 Å². The number of likely N-dealkylation sites (tertiary alicyclic amines) is 1. The Hall–Kier alpha value is -3.10. The summed E-state index contributed by atoms with van der Waals surface area (Å²) in [4.78, 5) is 10.4. The van der Waals surface area contributed by atoms with Crippen molar-refractivity contribution in [1.29, 1.82) is 5.41 Å². The quantitative estimate of drug-likeness (QED) is 0.239. The van der Waals surface area contributed by atoms with Gasteiger partial charge in [-0.15, -0.1) is 13.2 Å². The summed E-state index contributed by atoms with van der Waals surface area (Å²) in [5.74, 6) is -0.542. The Labute approximate surface area is 230 Å². The molecule has 15 heteroatoms. The van der Waals surface area contributed by atoms with Gasteiger partial charge in [0, 0.05) is 13.2 Å². The predicted molar refractivity (Wildman–Crippen MR) is 145 cm³/mol.